The van der Waals surface area contributed by atoms with Gasteiger partial charge in [0.15, 0.2) is 0 Å². The normalized spacial score (nSPS) is 11.1. The van der Waals surface area contributed by atoms with E-state index in [1.165, 1.54) is 17.1 Å². The molecule has 0 aromatic carbocycles. The standard InChI is InChI=1S/C13H8F3N5.C8H5N3/c1-20-6-10(5-18-20)8-2-11(13(14,15)16)12-9(3-17)4-19-21(12)7-8;9-5-7-6-10-11-4-2-1-3-8(7)11/h2,4-7H,1H3;1-4,6H. The lowest BCUT2D eigenvalue weighted by atomic mass is 10.1. The van der Waals surface area contributed by atoms with E-state index < -0.39 is 11.7 Å². The number of aromatic nitrogens is 6. The number of hydrogen-bond acceptors (Lipinski definition) is 5. The van der Waals surface area contributed by atoms with Crippen molar-refractivity contribution in [2.75, 3.05) is 0 Å². The number of hydrogen-bond donors (Lipinski definition) is 0. The van der Waals surface area contributed by atoms with Crippen LogP contribution in [0.15, 0.2) is 61.4 Å². The number of aryl methyl sites for hydroxylation is 1. The molecule has 0 radical (unpaired) electrons. The molecule has 32 heavy (non-hydrogen) atoms. The van der Waals surface area contributed by atoms with E-state index in [4.69, 9.17) is 10.5 Å². The predicted molar refractivity (Wildman–Crippen MR) is 107 cm³/mol. The van der Waals surface area contributed by atoms with Crippen LogP contribution >= 0.6 is 0 Å². The van der Waals surface area contributed by atoms with Crippen molar-refractivity contribution in [2.24, 2.45) is 7.05 Å². The SMILES string of the molecule is Cn1cc(-c2cc(C(F)(F)F)c3c(C#N)cnn3c2)cn1.N#Cc1cnn2ccccc12. The predicted octanol–water partition coefficient (Wildman–Crippen LogP) is 3.83. The zero-order valence-electron chi connectivity index (χ0n) is 16.5. The van der Waals surface area contributed by atoms with Gasteiger partial charge in [-0.25, -0.2) is 9.03 Å². The lowest BCUT2D eigenvalue weighted by Gasteiger charge is -2.11. The number of alkyl halides is 3. The molecule has 5 aromatic heterocycles. The fraction of sp³-hybridized carbons (Fsp3) is 0.0952. The Morgan fingerprint density at radius 1 is 0.875 bits per heavy atom. The summed E-state index contributed by atoms with van der Waals surface area (Å²) in [7, 11) is 1.67. The van der Waals surface area contributed by atoms with Crippen LogP contribution in [0.25, 0.3) is 22.2 Å². The van der Waals surface area contributed by atoms with E-state index in [2.05, 4.69) is 21.4 Å². The van der Waals surface area contributed by atoms with Crippen molar-refractivity contribution in [1.82, 2.24) is 29.0 Å². The number of nitrogens with zero attached hydrogens (tertiary/aromatic N) is 8. The molecule has 11 heteroatoms. The second kappa shape index (κ2) is 7.89. The van der Waals surface area contributed by atoms with Gasteiger partial charge in [-0.3, -0.25) is 4.68 Å². The Kier molecular flexibility index (Phi) is 5.08. The van der Waals surface area contributed by atoms with Gasteiger partial charge in [0.1, 0.15) is 12.1 Å². The van der Waals surface area contributed by atoms with E-state index >= 15 is 0 Å². The molecular formula is C21H13F3N8. The molecule has 0 aliphatic carbocycles. The molecule has 5 rings (SSSR count). The van der Waals surface area contributed by atoms with Crippen molar-refractivity contribution in [3.63, 3.8) is 0 Å². The number of halogens is 3. The maximum Gasteiger partial charge on any atom is 0.418 e. The van der Waals surface area contributed by atoms with Gasteiger partial charge in [0.2, 0.25) is 0 Å². The summed E-state index contributed by atoms with van der Waals surface area (Å²) in [5.41, 5.74) is 1.10. The van der Waals surface area contributed by atoms with E-state index in [1.54, 1.807) is 30.0 Å². The lowest BCUT2D eigenvalue weighted by molar-refractivity contribution is -0.136. The fourth-order valence-corrected chi connectivity index (χ4v) is 3.17. The highest BCUT2D eigenvalue weighted by Gasteiger charge is 2.35. The highest BCUT2D eigenvalue weighted by molar-refractivity contribution is 5.72. The van der Waals surface area contributed by atoms with Crippen molar-refractivity contribution in [3.8, 4) is 23.3 Å². The smallest absolute Gasteiger partial charge is 0.275 e. The van der Waals surface area contributed by atoms with Crippen LogP contribution in [0.4, 0.5) is 13.2 Å². The number of fused-ring (bicyclic) bond motifs is 2. The van der Waals surface area contributed by atoms with E-state index in [-0.39, 0.29) is 11.1 Å². The maximum atomic E-state index is 13.2. The first-order chi connectivity index (χ1) is 15.3. The van der Waals surface area contributed by atoms with E-state index in [0.29, 0.717) is 16.7 Å². The molecule has 0 spiro atoms. The van der Waals surface area contributed by atoms with Gasteiger partial charge in [-0.05, 0) is 18.2 Å². The minimum absolute atomic E-state index is 0.111. The summed E-state index contributed by atoms with van der Waals surface area (Å²) >= 11 is 0. The van der Waals surface area contributed by atoms with E-state index in [1.807, 2.05) is 24.4 Å². The average Bonchev–Trinajstić information content (AvgIpc) is 3.50. The van der Waals surface area contributed by atoms with Crippen LogP contribution in [0.5, 0.6) is 0 Å². The van der Waals surface area contributed by atoms with Gasteiger partial charge in [-0.1, -0.05) is 6.07 Å². The Bertz CT molecular complexity index is 1510. The molecule has 5 heterocycles. The summed E-state index contributed by atoms with van der Waals surface area (Å²) in [6, 6.07) is 10.4. The molecule has 0 unspecified atom stereocenters. The average molecular weight is 434 g/mol. The summed E-state index contributed by atoms with van der Waals surface area (Å²) in [6.07, 6.45) is 4.45. The third-order valence-electron chi connectivity index (χ3n) is 4.62. The quantitative estimate of drug-likeness (QED) is 0.399. The largest absolute Gasteiger partial charge is 0.418 e. The second-order valence-corrected chi connectivity index (χ2v) is 6.71. The maximum absolute atomic E-state index is 13.2. The summed E-state index contributed by atoms with van der Waals surface area (Å²) in [5.74, 6) is 0. The molecular weight excluding hydrogens is 421 g/mol. The van der Waals surface area contributed by atoms with Gasteiger partial charge in [0.05, 0.1) is 46.3 Å². The molecule has 8 nitrogen and oxygen atoms in total. The van der Waals surface area contributed by atoms with Gasteiger partial charge in [0, 0.05) is 36.8 Å². The van der Waals surface area contributed by atoms with Crippen LogP contribution in [-0.2, 0) is 13.2 Å². The Hall–Kier alpha value is -4.64. The van der Waals surface area contributed by atoms with Crippen molar-refractivity contribution in [2.45, 2.75) is 6.18 Å². The Balaban J connectivity index is 0.000000186. The van der Waals surface area contributed by atoms with E-state index in [9.17, 15) is 13.2 Å². The Morgan fingerprint density at radius 3 is 2.25 bits per heavy atom. The van der Waals surface area contributed by atoms with Gasteiger partial charge in [-0.15, -0.1) is 0 Å². The third-order valence-corrected chi connectivity index (χ3v) is 4.62. The third kappa shape index (κ3) is 3.75. The Labute approximate surface area is 179 Å². The number of pyridine rings is 2. The zero-order chi connectivity index (χ0) is 22.9. The molecule has 0 saturated carbocycles. The lowest BCUT2D eigenvalue weighted by Crippen LogP contribution is -2.08. The van der Waals surface area contributed by atoms with Crippen LogP contribution in [0.2, 0.25) is 0 Å². The van der Waals surface area contributed by atoms with Crippen LogP contribution < -0.4 is 0 Å². The first-order valence-electron chi connectivity index (χ1n) is 9.12. The Morgan fingerprint density at radius 2 is 1.59 bits per heavy atom. The summed E-state index contributed by atoms with van der Waals surface area (Å²) in [4.78, 5) is 0. The van der Waals surface area contributed by atoms with Gasteiger partial charge in [0.25, 0.3) is 0 Å². The molecule has 0 bridgehead atoms. The van der Waals surface area contributed by atoms with Crippen LogP contribution in [0, 0.1) is 22.7 Å². The van der Waals surface area contributed by atoms with Crippen molar-refractivity contribution >= 4 is 11.0 Å². The molecule has 0 aliphatic heterocycles. The van der Waals surface area contributed by atoms with Crippen molar-refractivity contribution in [3.05, 3.63) is 78.1 Å². The summed E-state index contributed by atoms with van der Waals surface area (Å²) in [6.45, 7) is 0. The molecule has 0 fully saturated rings. The molecule has 0 aliphatic rings. The summed E-state index contributed by atoms with van der Waals surface area (Å²) in [5, 5.41) is 29.3. The minimum atomic E-state index is -4.58. The number of nitriles is 2. The first-order valence-corrected chi connectivity index (χ1v) is 9.12. The minimum Gasteiger partial charge on any atom is -0.275 e. The molecule has 158 valence electrons. The zero-order valence-corrected chi connectivity index (χ0v) is 16.5. The van der Waals surface area contributed by atoms with E-state index in [0.717, 1.165) is 22.3 Å². The van der Waals surface area contributed by atoms with Crippen LogP contribution in [0.1, 0.15) is 16.7 Å². The molecule has 0 amide bonds. The van der Waals surface area contributed by atoms with Gasteiger partial charge >= 0.3 is 6.18 Å². The molecule has 0 saturated heterocycles. The second-order valence-electron chi connectivity index (χ2n) is 6.71. The molecule has 0 atom stereocenters. The molecule has 0 N–H and O–H groups in total. The van der Waals surface area contributed by atoms with Crippen LogP contribution in [-0.4, -0.2) is 29.0 Å². The van der Waals surface area contributed by atoms with Crippen LogP contribution in [0.3, 0.4) is 0 Å². The van der Waals surface area contributed by atoms with Crippen molar-refractivity contribution in [1.29, 1.82) is 10.5 Å². The topological polar surface area (TPSA) is 100 Å². The first kappa shape index (κ1) is 20.6. The van der Waals surface area contributed by atoms with Crippen molar-refractivity contribution < 1.29 is 13.2 Å². The highest BCUT2D eigenvalue weighted by atomic mass is 19.4. The molecule has 5 aromatic rings. The highest BCUT2D eigenvalue weighted by Crippen LogP contribution is 2.36. The number of rotatable bonds is 1. The van der Waals surface area contributed by atoms with Gasteiger partial charge in [-0.2, -0.15) is 39.0 Å². The monoisotopic (exact) mass is 434 g/mol. The fourth-order valence-electron chi connectivity index (χ4n) is 3.17. The summed E-state index contributed by atoms with van der Waals surface area (Å²) < 4.78 is 44.0. The van der Waals surface area contributed by atoms with Gasteiger partial charge < -0.3 is 0 Å².